The van der Waals surface area contributed by atoms with Gasteiger partial charge in [0.15, 0.2) is 6.10 Å². The van der Waals surface area contributed by atoms with Crippen LogP contribution in [0.25, 0.3) is 0 Å². The number of rotatable bonds is 5. The molecule has 1 amide bonds. The Morgan fingerprint density at radius 3 is 2.68 bits per heavy atom. The van der Waals surface area contributed by atoms with E-state index in [9.17, 15) is 13.2 Å². The number of benzene rings is 2. The Morgan fingerprint density at radius 1 is 1.25 bits per heavy atom. The number of carbonyl (C=O) groups excluding carboxylic acids is 1. The molecule has 150 valence electrons. The van der Waals surface area contributed by atoms with Crippen LogP contribution in [0.5, 0.6) is 11.5 Å². The number of amides is 1. The van der Waals surface area contributed by atoms with E-state index in [1.54, 1.807) is 36.4 Å². The molecule has 7 nitrogen and oxygen atoms in total. The van der Waals surface area contributed by atoms with Crippen molar-refractivity contribution in [2.24, 2.45) is 0 Å². The van der Waals surface area contributed by atoms with Gasteiger partial charge in [0.05, 0.1) is 24.6 Å². The van der Waals surface area contributed by atoms with Crippen molar-refractivity contribution in [3.63, 3.8) is 0 Å². The SMILES string of the molecule is Cc1ccc2c(c1)N(S(C)(=O)=O)C[C@@H](C(=O)Nc1cccc(OC(C)C)c1)O2. The Balaban J connectivity index is 1.82. The van der Waals surface area contributed by atoms with Gasteiger partial charge in [0.2, 0.25) is 10.0 Å². The Bertz CT molecular complexity index is 988. The largest absolute Gasteiger partial charge is 0.491 e. The molecule has 3 rings (SSSR count). The van der Waals surface area contributed by atoms with Crippen LogP contribution in [0.1, 0.15) is 19.4 Å². The lowest BCUT2D eigenvalue weighted by Gasteiger charge is -2.34. The Morgan fingerprint density at radius 2 is 2.00 bits per heavy atom. The molecule has 0 aromatic heterocycles. The molecule has 0 spiro atoms. The molecule has 0 unspecified atom stereocenters. The second kappa shape index (κ2) is 7.71. The molecule has 0 bridgehead atoms. The minimum Gasteiger partial charge on any atom is -0.491 e. The van der Waals surface area contributed by atoms with Crippen LogP contribution in [0.2, 0.25) is 0 Å². The fraction of sp³-hybridized carbons (Fsp3) is 0.350. The average Bonchev–Trinajstić information content (AvgIpc) is 2.59. The first-order chi connectivity index (χ1) is 13.1. The van der Waals surface area contributed by atoms with Gasteiger partial charge in [0.25, 0.3) is 5.91 Å². The number of ether oxygens (including phenoxy) is 2. The molecule has 1 heterocycles. The topological polar surface area (TPSA) is 84.9 Å². The molecule has 0 fully saturated rings. The molecule has 0 saturated carbocycles. The third-order valence-electron chi connectivity index (χ3n) is 4.15. The summed E-state index contributed by atoms with van der Waals surface area (Å²) in [5.74, 6) is 0.567. The highest BCUT2D eigenvalue weighted by molar-refractivity contribution is 7.92. The molecule has 0 aliphatic carbocycles. The smallest absolute Gasteiger partial charge is 0.267 e. The van der Waals surface area contributed by atoms with Crippen LogP contribution < -0.4 is 19.1 Å². The van der Waals surface area contributed by atoms with E-state index in [0.29, 0.717) is 22.9 Å². The van der Waals surface area contributed by atoms with Crippen molar-refractivity contribution < 1.29 is 22.7 Å². The Labute approximate surface area is 165 Å². The minimum atomic E-state index is -3.56. The molecule has 2 aromatic carbocycles. The van der Waals surface area contributed by atoms with Gasteiger partial charge in [-0.15, -0.1) is 0 Å². The predicted molar refractivity (Wildman–Crippen MR) is 109 cm³/mol. The van der Waals surface area contributed by atoms with Crippen molar-refractivity contribution in [2.75, 3.05) is 22.4 Å². The number of anilines is 2. The van der Waals surface area contributed by atoms with Gasteiger partial charge in [0.1, 0.15) is 11.5 Å². The first-order valence-corrected chi connectivity index (χ1v) is 10.8. The average molecular weight is 404 g/mol. The van der Waals surface area contributed by atoms with Gasteiger partial charge >= 0.3 is 0 Å². The van der Waals surface area contributed by atoms with Crippen LogP contribution in [0.3, 0.4) is 0 Å². The number of nitrogens with one attached hydrogen (secondary N) is 1. The second-order valence-corrected chi connectivity index (χ2v) is 8.96. The van der Waals surface area contributed by atoms with E-state index in [0.717, 1.165) is 11.8 Å². The molecule has 1 atom stereocenters. The van der Waals surface area contributed by atoms with Crippen LogP contribution in [0.15, 0.2) is 42.5 Å². The maximum atomic E-state index is 12.8. The lowest BCUT2D eigenvalue weighted by molar-refractivity contribution is -0.122. The van der Waals surface area contributed by atoms with Gasteiger partial charge in [-0.1, -0.05) is 12.1 Å². The summed E-state index contributed by atoms with van der Waals surface area (Å²) in [5, 5.41) is 2.77. The van der Waals surface area contributed by atoms with Crippen LogP contribution in [-0.4, -0.2) is 39.3 Å². The summed E-state index contributed by atoms with van der Waals surface area (Å²) in [5.41, 5.74) is 1.90. The van der Waals surface area contributed by atoms with Crippen LogP contribution in [0, 0.1) is 6.92 Å². The van der Waals surface area contributed by atoms with Crippen molar-refractivity contribution >= 4 is 27.3 Å². The molecule has 1 aliphatic heterocycles. The lowest BCUT2D eigenvalue weighted by atomic mass is 10.1. The molecule has 2 aromatic rings. The summed E-state index contributed by atoms with van der Waals surface area (Å²) in [6, 6.07) is 12.3. The summed E-state index contributed by atoms with van der Waals surface area (Å²) in [6.45, 7) is 5.61. The number of sulfonamides is 1. The summed E-state index contributed by atoms with van der Waals surface area (Å²) in [4.78, 5) is 12.8. The zero-order chi connectivity index (χ0) is 20.5. The highest BCUT2D eigenvalue weighted by atomic mass is 32.2. The fourth-order valence-corrected chi connectivity index (χ4v) is 3.86. The van der Waals surface area contributed by atoms with Gasteiger partial charge < -0.3 is 14.8 Å². The number of nitrogens with zero attached hydrogens (tertiary/aromatic N) is 1. The number of hydrogen-bond acceptors (Lipinski definition) is 5. The minimum absolute atomic E-state index is 0.0101. The van der Waals surface area contributed by atoms with Gasteiger partial charge in [-0.05, 0) is 50.6 Å². The van der Waals surface area contributed by atoms with Crippen molar-refractivity contribution in [2.45, 2.75) is 33.0 Å². The van der Waals surface area contributed by atoms with Gasteiger partial charge in [-0.25, -0.2) is 8.42 Å². The van der Waals surface area contributed by atoms with E-state index in [4.69, 9.17) is 9.47 Å². The summed E-state index contributed by atoms with van der Waals surface area (Å²) < 4.78 is 37.1. The van der Waals surface area contributed by atoms with E-state index < -0.39 is 22.0 Å². The van der Waals surface area contributed by atoms with Gasteiger partial charge in [0, 0.05) is 11.8 Å². The first kappa shape index (κ1) is 20.0. The van der Waals surface area contributed by atoms with Crippen molar-refractivity contribution in [1.29, 1.82) is 0 Å². The summed E-state index contributed by atoms with van der Waals surface area (Å²) in [7, 11) is -3.56. The zero-order valence-corrected chi connectivity index (χ0v) is 17.1. The molecular weight excluding hydrogens is 380 g/mol. The van der Waals surface area contributed by atoms with Gasteiger partial charge in [-0.3, -0.25) is 9.10 Å². The van der Waals surface area contributed by atoms with Crippen molar-refractivity contribution in [3.05, 3.63) is 48.0 Å². The van der Waals surface area contributed by atoms with Crippen LogP contribution in [-0.2, 0) is 14.8 Å². The van der Waals surface area contributed by atoms with Crippen molar-refractivity contribution in [1.82, 2.24) is 0 Å². The lowest BCUT2D eigenvalue weighted by Crippen LogP contribution is -2.48. The molecule has 28 heavy (non-hydrogen) atoms. The second-order valence-electron chi connectivity index (χ2n) is 7.06. The van der Waals surface area contributed by atoms with E-state index >= 15 is 0 Å². The van der Waals surface area contributed by atoms with Crippen molar-refractivity contribution in [3.8, 4) is 11.5 Å². The summed E-state index contributed by atoms with van der Waals surface area (Å²) in [6.07, 6.45) is 0.155. The van der Waals surface area contributed by atoms with E-state index in [-0.39, 0.29) is 12.6 Å². The third-order valence-corrected chi connectivity index (χ3v) is 5.30. The molecule has 0 radical (unpaired) electrons. The third kappa shape index (κ3) is 4.56. The molecule has 8 heteroatoms. The quantitative estimate of drug-likeness (QED) is 0.828. The zero-order valence-electron chi connectivity index (χ0n) is 16.3. The standard InChI is InChI=1S/C20H24N2O5S/c1-13(2)26-16-7-5-6-15(11-16)21-20(23)19-12-22(28(4,24)25)17-10-14(3)8-9-18(17)27-19/h5-11,13,19H,12H2,1-4H3,(H,21,23)/t19-/m0/s1. The van der Waals surface area contributed by atoms with E-state index in [2.05, 4.69) is 5.32 Å². The number of carbonyl (C=O) groups is 1. The highest BCUT2D eigenvalue weighted by Crippen LogP contribution is 2.36. The summed E-state index contributed by atoms with van der Waals surface area (Å²) >= 11 is 0. The molecule has 1 N–H and O–H groups in total. The maximum absolute atomic E-state index is 12.8. The van der Waals surface area contributed by atoms with Crippen LogP contribution >= 0.6 is 0 Å². The highest BCUT2D eigenvalue weighted by Gasteiger charge is 2.35. The number of hydrogen-bond donors (Lipinski definition) is 1. The van der Waals surface area contributed by atoms with E-state index in [1.165, 1.54) is 4.31 Å². The first-order valence-electron chi connectivity index (χ1n) is 8.96. The van der Waals surface area contributed by atoms with Crippen LogP contribution in [0.4, 0.5) is 11.4 Å². The Kier molecular flexibility index (Phi) is 5.51. The molecular formula is C20H24N2O5S. The number of fused-ring (bicyclic) bond motifs is 1. The van der Waals surface area contributed by atoms with Gasteiger partial charge in [-0.2, -0.15) is 0 Å². The Hall–Kier alpha value is -2.74. The number of aryl methyl sites for hydroxylation is 1. The normalized spacial score (nSPS) is 16.3. The maximum Gasteiger partial charge on any atom is 0.267 e. The predicted octanol–water partition coefficient (Wildman–Crippen LogP) is 2.95. The monoisotopic (exact) mass is 404 g/mol. The molecule has 1 aliphatic rings. The van der Waals surface area contributed by atoms with E-state index in [1.807, 2.05) is 26.8 Å². The fourth-order valence-electron chi connectivity index (χ4n) is 2.95. The molecule has 0 saturated heterocycles.